The van der Waals surface area contributed by atoms with E-state index < -0.39 is 5.97 Å². The lowest BCUT2D eigenvalue weighted by atomic mass is 10.0. The lowest BCUT2D eigenvalue weighted by Gasteiger charge is -2.03. The Morgan fingerprint density at radius 1 is 0.704 bits per heavy atom. The molecule has 0 radical (unpaired) electrons. The molecule has 0 aliphatic carbocycles. The van der Waals surface area contributed by atoms with Gasteiger partial charge in [0.05, 0.1) is 5.97 Å². The number of rotatable bonds is 18. The summed E-state index contributed by atoms with van der Waals surface area (Å²) in [6, 6.07) is 3.23. The lowest BCUT2D eigenvalue weighted by Crippen LogP contribution is -2.33. The summed E-state index contributed by atoms with van der Waals surface area (Å²) in [7, 11) is 0. The van der Waals surface area contributed by atoms with Crippen molar-refractivity contribution in [3.8, 4) is 0 Å². The van der Waals surface area contributed by atoms with Gasteiger partial charge in [0.1, 0.15) is 6.54 Å². The third kappa shape index (κ3) is 13.4. The van der Waals surface area contributed by atoms with Gasteiger partial charge in [0.2, 0.25) is 0 Å². The SMILES string of the molecule is CCCCCCCCCCCCCCCCCC[n+]1ccc(C(=O)[O-])cc1. The number of pyridine rings is 1. The molecular formula is C24H41NO2. The van der Waals surface area contributed by atoms with E-state index in [9.17, 15) is 9.90 Å². The van der Waals surface area contributed by atoms with Crippen molar-refractivity contribution < 1.29 is 14.5 Å². The van der Waals surface area contributed by atoms with Gasteiger partial charge in [-0.15, -0.1) is 0 Å². The number of aryl methyl sites for hydroxylation is 1. The molecule has 0 aliphatic heterocycles. The monoisotopic (exact) mass is 375 g/mol. The molecule has 0 amide bonds. The molecule has 0 N–H and O–H groups in total. The first-order valence-corrected chi connectivity index (χ1v) is 11.4. The summed E-state index contributed by atoms with van der Waals surface area (Å²) in [5.74, 6) is -1.11. The highest BCUT2D eigenvalue weighted by molar-refractivity contribution is 5.85. The van der Waals surface area contributed by atoms with Crippen molar-refractivity contribution in [1.82, 2.24) is 0 Å². The van der Waals surface area contributed by atoms with E-state index in [1.807, 2.05) is 12.4 Å². The molecule has 154 valence electrons. The van der Waals surface area contributed by atoms with E-state index in [4.69, 9.17) is 0 Å². The highest BCUT2D eigenvalue weighted by Gasteiger charge is 2.01. The number of aromatic nitrogens is 1. The molecule has 1 aromatic heterocycles. The van der Waals surface area contributed by atoms with Crippen LogP contribution in [0.2, 0.25) is 0 Å². The molecule has 0 bridgehead atoms. The number of carbonyl (C=O) groups excluding carboxylic acids is 1. The summed E-state index contributed by atoms with van der Waals surface area (Å²) in [5.41, 5.74) is 0.248. The van der Waals surface area contributed by atoms with Crippen LogP contribution >= 0.6 is 0 Å². The number of unbranched alkanes of at least 4 members (excludes halogenated alkanes) is 15. The van der Waals surface area contributed by atoms with Crippen LogP contribution in [0.1, 0.15) is 120 Å². The minimum atomic E-state index is -1.11. The van der Waals surface area contributed by atoms with E-state index in [1.54, 1.807) is 12.1 Å². The number of carbonyl (C=O) groups is 1. The molecule has 1 aromatic rings. The van der Waals surface area contributed by atoms with Gasteiger partial charge in [0.15, 0.2) is 12.4 Å². The number of nitrogens with zero attached hydrogens (tertiary/aromatic N) is 1. The van der Waals surface area contributed by atoms with Gasteiger partial charge in [0, 0.05) is 24.1 Å². The van der Waals surface area contributed by atoms with Crippen LogP contribution < -0.4 is 9.67 Å². The zero-order valence-electron chi connectivity index (χ0n) is 17.6. The van der Waals surface area contributed by atoms with Crippen molar-refractivity contribution in [3.63, 3.8) is 0 Å². The van der Waals surface area contributed by atoms with Crippen LogP contribution in [0.15, 0.2) is 24.5 Å². The third-order valence-electron chi connectivity index (χ3n) is 5.40. The van der Waals surface area contributed by atoms with Crippen LogP contribution in [0.25, 0.3) is 0 Å². The standard InChI is InChI=1S/C24H41NO2/c1-2-3-4-5-6-7-8-9-10-11-12-13-14-15-16-17-20-25-21-18-23(19-22-25)24(26)27/h18-19,21-22H,2-17,20H2,1H3. The zero-order chi connectivity index (χ0) is 19.6. The number of carboxylic acids is 1. The fraction of sp³-hybridized carbons (Fsp3) is 0.750. The van der Waals surface area contributed by atoms with E-state index in [0.717, 1.165) is 13.0 Å². The largest absolute Gasteiger partial charge is 0.545 e. The lowest BCUT2D eigenvalue weighted by molar-refractivity contribution is -0.697. The van der Waals surface area contributed by atoms with E-state index in [-0.39, 0.29) is 5.56 Å². The molecule has 1 heterocycles. The van der Waals surface area contributed by atoms with Gasteiger partial charge in [-0.3, -0.25) is 0 Å². The van der Waals surface area contributed by atoms with Gasteiger partial charge in [-0.1, -0.05) is 96.8 Å². The van der Waals surface area contributed by atoms with Crippen LogP contribution in [0.3, 0.4) is 0 Å². The Hall–Kier alpha value is -1.38. The van der Waals surface area contributed by atoms with Gasteiger partial charge in [-0.05, 0) is 6.42 Å². The second-order valence-electron chi connectivity index (χ2n) is 7.92. The molecule has 0 aromatic carbocycles. The Morgan fingerprint density at radius 3 is 1.44 bits per heavy atom. The van der Waals surface area contributed by atoms with Gasteiger partial charge < -0.3 is 9.90 Å². The fourth-order valence-electron chi connectivity index (χ4n) is 3.58. The average Bonchev–Trinajstić information content (AvgIpc) is 2.68. The van der Waals surface area contributed by atoms with Gasteiger partial charge in [-0.25, -0.2) is 4.57 Å². The van der Waals surface area contributed by atoms with Crippen LogP contribution in [0.5, 0.6) is 0 Å². The fourth-order valence-corrected chi connectivity index (χ4v) is 3.58. The van der Waals surface area contributed by atoms with Crippen molar-refractivity contribution in [1.29, 1.82) is 0 Å². The third-order valence-corrected chi connectivity index (χ3v) is 5.40. The molecule has 27 heavy (non-hydrogen) atoms. The predicted octanol–water partition coefficient (Wildman–Crippen LogP) is 5.60. The quantitative estimate of drug-likeness (QED) is 0.248. The number of hydrogen-bond acceptors (Lipinski definition) is 2. The van der Waals surface area contributed by atoms with Crippen LogP contribution in [0, 0.1) is 0 Å². The number of aromatic carboxylic acids is 1. The Kier molecular flexibility index (Phi) is 14.7. The highest BCUT2D eigenvalue weighted by atomic mass is 16.4. The maximum absolute atomic E-state index is 10.7. The number of hydrogen-bond donors (Lipinski definition) is 0. The second kappa shape index (κ2) is 16.8. The molecule has 0 atom stereocenters. The van der Waals surface area contributed by atoms with Gasteiger partial charge in [-0.2, -0.15) is 0 Å². The maximum Gasteiger partial charge on any atom is 0.169 e. The molecule has 0 aliphatic rings. The Balaban J connectivity index is 1.81. The molecule has 3 nitrogen and oxygen atoms in total. The molecule has 0 fully saturated rings. The summed E-state index contributed by atoms with van der Waals surface area (Å²) >= 11 is 0. The first-order valence-electron chi connectivity index (χ1n) is 11.4. The summed E-state index contributed by atoms with van der Waals surface area (Å²) in [4.78, 5) is 10.7. The van der Waals surface area contributed by atoms with Gasteiger partial charge in [0.25, 0.3) is 0 Å². The van der Waals surface area contributed by atoms with Gasteiger partial charge >= 0.3 is 0 Å². The minimum absolute atomic E-state index is 0.248. The maximum atomic E-state index is 10.7. The molecule has 0 unspecified atom stereocenters. The average molecular weight is 376 g/mol. The Labute approximate surface area is 167 Å². The Morgan fingerprint density at radius 2 is 1.07 bits per heavy atom. The zero-order valence-corrected chi connectivity index (χ0v) is 17.6. The predicted molar refractivity (Wildman–Crippen MR) is 111 cm³/mol. The minimum Gasteiger partial charge on any atom is -0.545 e. The molecule has 0 saturated carbocycles. The molecule has 0 spiro atoms. The summed E-state index contributed by atoms with van der Waals surface area (Å²) in [5, 5.41) is 10.7. The first-order chi connectivity index (χ1) is 13.2. The van der Waals surface area contributed by atoms with E-state index in [0.29, 0.717) is 0 Å². The van der Waals surface area contributed by atoms with Crippen molar-refractivity contribution in [2.24, 2.45) is 0 Å². The molecule has 3 heteroatoms. The summed E-state index contributed by atoms with van der Waals surface area (Å²) in [6.45, 7) is 3.24. The highest BCUT2D eigenvalue weighted by Crippen LogP contribution is 2.13. The van der Waals surface area contributed by atoms with E-state index in [2.05, 4.69) is 11.5 Å². The Bertz CT molecular complexity index is 470. The summed E-state index contributed by atoms with van der Waals surface area (Å²) in [6.07, 6.45) is 25.8. The van der Waals surface area contributed by atoms with Crippen molar-refractivity contribution in [3.05, 3.63) is 30.1 Å². The first kappa shape index (κ1) is 23.7. The molecule has 1 rings (SSSR count). The van der Waals surface area contributed by atoms with Crippen LogP contribution in [0.4, 0.5) is 0 Å². The second-order valence-corrected chi connectivity index (χ2v) is 7.92. The van der Waals surface area contributed by atoms with Crippen LogP contribution in [-0.4, -0.2) is 5.97 Å². The number of carboxylic acid groups (broad SMARTS) is 1. The smallest absolute Gasteiger partial charge is 0.169 e. The van der Waals surface area contributed by atoms with Crippen molar-refractivity contribution in [2.45, 2.75) is 116 Å². The summed E-state index contributed by atoms with van der Waals surface area (Å²) < 4.78 is 2.05. The van der Waals surface area contributed by atoms with E-state index in [1.165, 1.54) is 96.3 Å². The molecular weight excluding hydrogens is 334 g/mol. The topological polar surface area (TPSA) is 44.0 Å². The normalized spacial score (nSPS) is 11.0. The van der Waals surface area contributed by atoms with E-state index >= 15 is 0 Å². The van der Waals surface area contributed by atoms with Crippen molar-refractivity contribution >= 4 is 5.97 Å². The van der Waals surface area contributed by atoms with Crippen LogP contribution in [-0.2, 0) is 6.54 Å². The van der Waals surface area contributed by atoms with Crippen molar-refractivity contribution in [2.75, 3.05) is 0 Å². The molecule has 0 saturated heterocycles.